The van der Waals surface area contributed by atoms with Gasteiger partial charge >= 0.3 is 0 Å². The maximum absolute atomic E-state index is 12.4. The van der Waals surface area contributed by atoms with Crippen LogP contribution in [0.25, 0.3) is 0 Å². The second-order valence-corrected chi connectivity index (χ2v) is 7.23. The van der Waals surface area contributed by atoms with E-state index in [0.717, 1.165) is 25.0 Å². The molecule has 0 spiro atoms. The van der Waals surface area contributed by atoms with Gasteiger partial charge in [0.25, 0.3) is 5.91 Å². The van der Waals surface area contributed by atoms with Gasteiger partial charge in [0.1, 0.15) is 0 Å². The summed E-state index contributed by atoms with van der Waals surface area (Å²) in [7, 11) is 1.74. The van der Waals surface area contributed by atoms with E-state index in [-0.39, 0.29) is 17.9 Å². The van der Waals surface area contributed by atoms with Gasteiger partial charge in [-0.1, -0.05) is 12.1 Å². The van der Waals surface area contributed by atoms with Crippen molar-refractivity contribution >= 4 is 11.9 Å². The molecule has 1 heterocycles. The van der Waals surface area contributed by atoms with E-state index in [1.54, 1.807) is 7.05 Å². The summed E-state index contributed by atoms with van der Waals surface area (Å²) in [6.07, 6.45) is 1.67. The maximum atomic E-state index is 12.4. The summed E-state index contributed by atoms with van der Waals surface area (Å²) in [6, 6.07) is 7.68. The van der Waals surface area contributed by atoms with Gasteiger partial charge in [-0.15, -0.1) is 0 Å². The van der Waals surface area contributed by atoms with Crippen LogP contribution in [-0.4, -0.2) is 68.4 Å². The SMILES string of the molecule is CCN(CC)C(=O)c1ccc(CNC(=NC)NCC2(CCO)CCOC2)cc1. The molecule has 28 heavy (non-hydrogen) atoms. The number of carbonyl (C=O) groups is 1. The standard InChI is InChI=1S/C21H34N4O3/c1-4-25(5-2)19(27)18-8-6-17(7-9-18)14-23-20(22-3)24-15-21(10-12-26)11-13-28-16-21/h6-9,26H,4-5,10-16H2,1-3H3,(H2,22,23,24). The molecule has 0 saturated carbocycles. The number of aliphatic hydroxyl groups excluding tert-OH is 1. The Morgan fingerprint density at radius 2 is 1.96 bits per heavy atom. The van der Waals surface area contributed by atoms with E-state index in [2.05, 4.69) is 15.6 Å². The van der Waals surface area contributed by atoms with Crippen LogP contribution in [0.5, 0.6) is 0 Å². The number of aliphatic imine (C=N–C) groups is 1. The predicted octanol–water partition coefficient (Wildman–Crippen LogP) is 1.62. The molecule has 1 aromatic carbocycles. The molecular weight excluding hydrogens is 356 g/mol. The van der Waals surface area contributed by atoms with Crippen LogP contribution in [0.4, 0.5) is 0 Å². The van der Waals surface area contributed by atoms with Crippen molar-refractivity contribution < 1.29 is 14.6 Å². The lowest BCUT2D eigenvalue weighted by Crippen LogP contribution is -2.44. The number of nitrogens with one attached hydrogen (secondary N) is 2. The second kappa shape index (κ2) is 11.0. The van der Waals surface area contributed by atoms with E-state index < -0.39 is 0 Å². The van der Waals surface area contributed by atoms with Crippen molar-refractivity contribution in [2.75, 3.05) is 46.5 Å². The van der Waals surface area contributed by atoms with Crippen molar-refractivity contribution in [2.45, 2.75) is 33.2 Å². The zero-order valence-electron chi connectivity index (χ0n) is 17.3. The van der Waals surface area contributed by atoms with Gasteiger partial charge in [-0.3, -0.25) is 9.79 Å². The number of carbonyl (C=O) groups excluding carboxylic acids is 1. The minimum Gasteiger partial charge on any atom is -0.396 e. The Labute approximate surface area is 168 Å². The maximum Gasteiger partial charge on any atom is 0.253 e. The summed E-state index contributed by atoms with van der Waals surface area (Å²) in [4.78, 5) is 18.5. The summed E-state index contributed by atoms with van der Waals surface area (Å²) in [5.74, 6) is 0.780. The Balaban J connectivity index is 1.87. The molecule has 1 atom stereocenters. The van der Waals surface area contributed by atoms with E-state index in [0.29, 0.717) is 44.3 Å². The highest BCUT2D eigenvalue weighted by molar-refractivity contribution is 5.94. The lowest BCUT2D eigenvalue weighted by Gasteiger charge is -2.27. The minimum atomic E-state index is -0.0290. The molecule has 156 valence electrons. The number of hydrogen-bond acceptors (Lipinski definition) is 4. The van der Waals surface area contributed by atoms with Crippen molar-refractivity contribution in [1.29, 1.82) is 0 Å². The molecular formula is C21H34N4O3. The van der Waals surface area contributed by atoms with Crippen molar-refractivity contribution in [1.82, 2.24) is 15.5 Å². The van der Waals surface area contributed by atoms with Crippen molar-refractivity contribution in [3.8, 4) is 0 Å². The van der Waals surface area contributed by atoms with Gasteiger partial charge in [-0.25, -0.2) is 0 Å². The summed E-state index contributed by atoms with van der Waals surface area (Å²) in [5, 5.41) is 16.0. The monoisotopic (exact) mass is 390 g/mol. The largest absolute Gasteiger partial charge is 0.396 e. The highest BCUT2D eigenvalue weighted by Crippen LogP contribution is 2.31. The lowest BCUT2D eigenvalue weighted by atomic mass is 9.84. The summed E-state index contributed by atoms with van der Waals surface area (Å²) >= 11 is 0. The zero-order valence-corrected chi connectivity index (χ0v) is 17.3. The van der Waals surface area contributed by atoms with E-state index in [1.165, 1.54) is 0 Å². The first-order valence-corrected chi connectivity index (χ1v) is 10.1. The molecule has 0 radical (unpaired) electrons. The van der Waals surface area contributed by atoms with Crippen LogP contribution in [0.3, 0.4) is 0 Å². The molecule has 2 rings (SSSR count). The zero-order chi connectivity index (χ0) is 20.4. The van der Waals surface area contributed by atoms with Crippen molar-refractivity contribution in [3.05, 3.63) is 35.4 Å². The first kappa shape index (κ1) is 22.2. The van der Waals surface area contributed by atoms with Gasteiger partial charge < -0.3 is 25.4 Å². The average molecular weight is 391 g/mol. The molecule has 1 unspecified atom stereocenters. The van der Waals surface area contributed by atoms with Crippen molar-refractivity contribution in [2.24, 2.45) is 10.4 Å². The number of amides is 1. The first-order chi connectivity index (χ1) is 13.6. The number of hydrogen-bond donors (Lipinski definition) is 3. The van der Waals surface area contributed by atoms with Crippen LogP contribution < -0.4 is 10.6 Å². The smallest absolute Gasteiger partial charge is 0.253 e. The fraction of sp³-hybridized carbons (Fsp3) is 0.619. The molecule has 7 nitrogen and oxygen atoms in total. The summed E-state index contributed by atoms with van der Waals surface area (Å²) in [5.41, 5.74) is 1.76. The number of aliphatic hydroxyl groups is 1. The Morgan fingerprint density at radius 3 is 2.50 bits per heavy atom. The normalized spacial score (nSPS) is 19.5. The molecule has 1 aromatic rings. The quantitative estimate of drug-likeness (QED) is 0.441. The Morgan fingerprint density at radius 1 is 1.25 bits per heavy atom. The van der Waals surface area contributed by atoms with E-state index in [1.807, 2.05) is 43.0 Å². The van der Waals surface area contributed by atoms with Gasteiger partial charge in [0.05, 0.1) is 6.61 Å². The molecule has 0 aliphatic carbocycles. The fourth-order valence-electron chi connectivity index (χ4n) is 3.45. The predicted molar refractivity (Wildman–Crippen MR) is 111 cm³/mol. The molecule has 1 aliphatic heterocycles. The fourth-order valence-corrected chi connectivity index (χ4v) is 3.45. The summed E-state index contributed by atoms with van der Waals surface area (Å²) < 4.78 is 5.53. The third kappa shape index (κ3) is 5.94. The number of benzene rings is 1. The Bertz CT molecular complexity index is 636. The van der Waals surface area contributed by atoms with Crippen LogP contribution in [0, 0.1) is 5.41 Å². The highest BCUT2D eigenvalue weighted by Gasteiger charge is 2.34. The molecule has 1 aliphatic rings. The minimum absolute atomic E-state index is 0.0290. The number of nitrogens with zero attached hydrogens (tertiary/aromatic N) is 2. The van der Waals surface area contributed by atoms with Crippen LogP contribution in [0.2, 0.25) is 0 Å². The Kier molecular flexibility index (Phi) is 8.73. The van der Waals surface area contributed by atoms with Crippen LogP contribution in [0.1, 0.15) is 42.6 Å². The molecule has 0 bridgehead atoms. The third-order valence-electron chi connectivity index (χ3n) is 5.39. The molecule has 1 fully saturated rings. The van der Waals surface area contributed by atoms with E-state index in [4.69, 9.17) is 4.74 Å². The molecule has 7 heteroatoms. The van der Waals surface area contributed by atoms with Gasteiger partial charge in [0.15, 0.2) is 5.96 Å². The van der Waals surface area contributed by atoms with E-state index >= 15 is 0 Å². The Hall–Kier alpha value is -2.12. The number of rotatable bonds is 9. The second-order valence-electron chi connectivity index (χ2n) is 7.23. The number of guanidine groups is 1. The molecule has 0 aromatic heterocycles. The van der Waals surface area contributed by atoms with Crippen molar-refractivity contribution in [3.63, 3.8) is 0 Å². The van der Waals surface area contributed by atoms with Crippen LogP contribution >= 0.6 is 0 Å². The first-order valence-electron chi connectivity index (χ1n) is 10.1. The third-order valence-corrected chi connectivity index (χ3v) is 5.39. The van der Waals surface area contributed by atoms with Gasteiger partial charge in [0.2, 0.25) is 0 Å². The van der Waals surface area contributed by atoms with Gasteiger partial charge in [-0.05, 0) is 44.4 Å². The average Bonchev–Trinajstić information content (AvgIpc) is 3.18. The van der Waals surface area contributed by atoms with Gasteiger partial charge in [0, 0.05) is 57.4 Å². The topological polar surface area (TPSA) is 86.2 Å². The van der Waals surface area contributed by atoms with Gasteiger partial charge in [-0.2, -0.15) is 0 Å². The van der Waals surface area contributed by atoms with E-state index in [9.17, 15) is 9.90 Å². The molecule has 1 saturated heterocycles. The van der Waals surface area contributed by atoms with Crippen LogP contribution in [0.15, 0.2) is 29.3 Å². The highest BCUT2D eigenvalue weighted by atomic mass is 16.5. The van der Waals surface area contributed by atoms with Crippen LogP contribution in [-0.2, 0) is 11.3 Å². The lowest BCUT2D eigenvalue weighted by molar-refractivity contribution is 0.0773. The molecule has 1 amide bonds. The summed E-state index contributed by atoms with van der Waals surface area (Å²) in [6.45, 7) is 8.29. The number of ether oxygens (including phenoxy) is 1. The molecule has 3 N–H and O–H groups in total.